The van der Waals surface area contributed by atoms with Gasteiger partial charge in [-0.1, -0.05) is 11.6 Å². The molecule has 0 amide bonds. The number of aromatic nitrogens is 1. The lowest BCUT2D eigenvalue weighted by atomic mass is 9.97. The van der Waals surface area contributed by atoms with Crippen LogP contribution in [-0.4, -0.2) is 36.1 Å². The van der Waals surface area contributed by atoms with E-state index in [0.29, 0.717) is 15.6 Å². The van der Waals surface area contributed by atoms with Crippen molar-refractivity contribution >= 4 is 33.6 Å². The Balaban J connectivity index is 2.84. The standard InChI is InChI=1S/C15H20ClNO3S/c1-14(2,3)21(18,19)15(4)9-10-11(16)6-7-17-12(10)8-13(15)20-5/h6-9,13H,1-5H3. The number of methoxy groups -OCH3 is 1. The number of fused-ring (bicyclic) bond motifs is 1. The van der Waals surface area contributed by atoms with Crippen molar-refractivity contribution in [2.75, 3.05) is 7.11 Å². The molecule has 21 heavy (non-hydrogen) atoms. The summed E-state index contributed by atoms with van der Waals surface area (Å²) in [5.41, 5.74) is 0. The topological polar surface area (TPSA) is 56.3 Å². The van der Waals surface area contributed by atoms with E-state index in [0.717, 1.165) is 0 Å². The molecular formula is C15H20ClNO3S. The number of ether oxygens (including phenoxy) is 1. The minimum Gasteiger partial charge on any atom is -0.375 e. The highest BCUT2D eigenvalue weighted by molar-refractivity contribution is 7.94. The van der Waals surface area contributed by atoms with Crippen LogP contribution in [0.4, 0.5) is 0 Å². The Labute approximate surface area is 130 Å². The van der Waals surface area contributed by atoms with Gasteiger partial charge >= 0.3 is 0 Å². The molecule has 1 aliphatic carbocycles. The molecule has 1 aromatic heterocycles. The Bertz CT molecular complexity index is 780. The van der Waals surface area contributed by atoms with Crippen LogP contribution in [0.15, 0.2) is 12.3 Å². The second-order valence-corrected chi connectivity index (χ2v) is 9.88. The van der Waals surface area contributed by atoms with Crippen LogP contribution in [0.2, 0.25) is 5.02 Å². The lowest BCUT2D eigenvalue weighted by Gasteiger charge is -2.38. The maximum atomic E-state index is 13.0. The molecule has 116 valence electrons. The van der Waals surface area contributed by atoms with Gasteiger partial charge < -0.3 is 4.74 Å². The third-order valence-corrected chi connectivity index (χ3v) is 7.36. The van der Waals surface area contributed by atoms with E-state index in [1.54, 1.807) is 52.1 Å². The van der Waals surface area contributed by atoms with Gasteiger partial charge in [-0.15, -0.1) is 0 Å². The number of hydrogen-bond donors (Lipinski definition) is 0. The third kappa shape index (κ3) is 2.41. The van der Waals surface area contributed by atoms with Gasteiger partial charge in [-0.25, -0.2) is 8.42 Å². The van der Waals surface area contributed by atoms with Crippen LogP contribution in [0.1, 0.15) is 27.7 Å². The molecule has 0 N–H and O–H groups in total. The normalized spacial score (nSPS) is 25.7. The summed E-state index contributed by atoms with van der Waals surface area (Å²) in [7, 11) is -2.02. The molecule has 0 fully saturated rings. The van der Waals surface area contributed by atoms with E-state index in [2.05, 4.69) is 4.98 Å². The largest absolute Gasteiger partial charge is 0.375 e. The molecule has 0 radical (unpaired) electrons. The molecule has 0 aliphatic heterocycles. The van der Waals surface area contributed by atoms with Crippen LogP contribution in [0.5, 0.6) is 0 Å². The lowest BCUT2D eigenvalue weighted by molar-refractivity contribution is 0.135. The summed E-state index contributed by atoms with van der Waals surface area (Å²) < 4.78 is 29.4. The summed E-state index contributed by atoms with van der Waals surface area (Å²) in [4.78, 5) is 4.24. The van der Waals surface area contributed by atoms with Crippen LogP contribution in [0.25, 0.3) is 12.2 Å². The van der Waals surface area contributed by atoms with E-state index < -0.39 is 25.4 Å². The van der Waals surface area contributed by atoms with E-state index in [1.165, 1.54) is 7.11 Å². The van der Waals surface area contributed by atoms with Crippen molar-refractivity contribution < 1.29 is 13.2 Å². The second kappa shape index (κ2) is 5.07. The van der Waals surface area contributed by atoms with Gasteiger partial charge in [-0.05, 0) is 45.9 Å². The highest BCUT2D eigenvalue weighted by Gasteiger charge is 2.50. The van der Waals surface area contributed by atoms with Gasteiger partial charge in [0, 0.05) is 18.5 Å². The Kier molecular flexibility index (Phi) is 3.98. The Morgan fingerprint density at radius 2 is 2.00 bits per heavy atom. The lowest BCUT2D eigenvalue weighted by Crippen LogP contribution is -2.56. The zero-order valence-corrected chi connectivity index (χ0v) is 14.4. The number of rotatable bonds is 2. The van der Waals surface area contributed by atoms with Gasteiger partial charge in [0.15, 0.2) is 9.84 Å². The van der Waals surface area contributed by atoms with Gasteiger partial charge in [-0.2, -0.15) is 0 Å². The van der Waals surface area contributed by atoms with Crippen molar-refractivity contribution in [3.8, 4) is 0 Å². The molecule has 0 bridgehead atoms. The molecular weight excluding hydrogens is 310 g/mol. The average Bonchev–Trinajstić information content (AvgIpc) is 2.37. The molecule has 2 atom stereocenters. The molecule has 0 aromatic carbocycles. The smallest absolute Gasteiger partial charge is 0.167 e. The number of pyridine rings is 1. The summed E-state index contributed by atoms with van der Waals surface area (Å²) in [5.74, 6) is 0. The molecule has 6 heteroatoms. The van der Waals surface area contributed by atoms with E-state index in [4.69, 9.17) is 16.3 Å². The number of sulfone groups is 1. The maximum Gasteiger partial charge on any atom is 0.167 e. The first-order valence-electron chi connectivity index (χ1n) is 6.67. The fourth-order valence-corrected chi connectivity index (χ4v) is 4.88. The quantitative estimate of drug-likeness (QED) is 0.820. The SMILES string of the molecule is COC1C=c2nccc(Cl)c2=CC1(C)S(=O)(=O)C(C)(C)C. The third-order valence-electron chi connectivity index (χ3n) is 3.91. The van der Waals surface area contributed by atoms with E-state index in [9.17, 15) is 8.42 Å². The van der Waals surface area contributed by atoms with Crippen molar-refractivity contribution in [3.63, 3.8) is 0 Å². The molecule has 4 nitrogen and oxygen atoms in total. The predicted molar refractivity (Wildman–Crippen MR) is 85.3 cm³/mol. The van der Waals surface area contributed by atoms with Crippen LogP contribution in [0.3, 0.4) is 0 Å². The van der Waals surface area contributed by atoms with Crippen molar-refractivity contribution in [1.82, 2.24) is 4.98 Å². The zero-order valence-electron chi connectivity index (χ0n) is 12.8. The first-order chi connectivity index (χ1) is 9.54. The molecule has 0 saturated carbocycles. The second-order valence-electron chi connectivity index (χ2n) is 6.36. The van der Waals surface area contributed by atoms with Crippen LogP contribution >= 0.6 is 11.6 Å². The average molecular weight is 330 g/mol. The Hall–Kier alpha value is -0.910. The number of hydrogen-bond acceptors (Lipinski definition) is 4. The minimum atomic E-state index is -3.52. The highest BCUT2D eigenvalue weighted by Crippen LogP contribution is 2.36. The first kappa shape index (κ1) is 16.5. The monoisotopic (exact) mass is 329 g/mol. The van der Waals surface area contributed by atoms with Crippen LogP contribution < -0.4 is 10.6 Å². The van der Waals surface area contributed by atoms with E-state index in [1.807, 2.05) is 0 Å². The summed E-state index contributed by atoms with van der Waals surface area (Å²) in [6.45, 7) is 6.74. The molecule has 1 aromatic rings. The summed E-state index contributed by atoms with van der Waals surface area (Å²) in [6, 6.07) is 1.65. The molecule has 0 saturated heterocycles. The van der Waals surface area contributed by atoms with Crippen molar-refractivity contribution in [1.29, 1.82) is 0 Å². The molecule has 2 unspecified atom stereocenters. The molecule has 0 spiro atoms. The zero-order chi connectivity index (χ0) is 16.1. The Morgan fingerprint density at radius 1 is 1.38 bits per heavy atom. The van der Waals surface area contributed by atoms with Crippen LogP contribution in [-0.2, 0) is 14.6 Å². The van der Waals surface area contributed by atoms with Gasteiger partial charge in [0.05, 0.1) is 15.1 Å². The van der Waals surface area contributed by atoms with Crippen molar-refractivity contribution in [2.45, 2.75) is 43.3 Å². The summed E-state index contributed by atoms with van der Waals surface area (Å²) in [5, 5.41) is 1.78. The molecule has 1 aliphatic rings. The van der Waals surface area contributed by atoms with E-state index >= 15 is 0 Å². The minimum absolute atomic E-state index is 0.487. The fraction of sp³-hybridized carbons (Fsp3) is 0.533. The Morgan fingerprint density at radius 3 is 2.52 bits per heavy atom. The van der Waals surface area contributed by atoms with Crippen molar-refractivity contribution in [2.24, 2.45) is 0 Å². The summed E-state index contributed by atoms with van der Waals surface area (Å²) in [6.07, 6.45) is 4.39. The first-order valence-corrected chi connectivity index (χ1v) is 8.53. The molecule has 1 heterocycles. The number of halogens is 1. The number of nitrogens with zero attached hydrogens (tertiary/aromatic N) is 1. The van der Waals surface area contributed by atoms with Gasteiger partial charge in [0.2, 0.25) is 0 Å². The fourth-order valence-electron chi connectivity index (χ4n) is 2.61. The van der Waals surface area contributed by atoms with Gasteiger partial charge in [-0.3, -0.25) is 4.98 Å². The van der Waals surface area contributed by atoms with Crippen LogP contribution in [0, 0.1) is 0 Å². The van der Waals surface area contributed by atoms with E-state index in [-0.39, 0.29) is 0 Å². The summed E-state index contributed by atoms with van der Waals surface area (Å²) >= 11 is 6.20. The maximum absolute atomic E-state index is 13.0. The molecule has 2 rings (SSSR count). The van der Waals surface area contributed by atoms with Crippen molar-refractivity contribution in [3.05, 3.63) is 27.9 Å². The van der Waals surface area contributed by atoms with Gasteiger partial charge in [0.25, 0.3) is 0 Å². The van der Waals surface area contributed by atoms with Gasteiger partial charge in [0.1, 0.15) is 10.9 Å². The highest BCUT2D eigenvalue weighted by atomic mass is 35.5. The predicted octanol–water partition coefficient (Wildman–Crippen LogP) is 1.30.